The molecule has 0 unspecified atom stereocenters. The Hall–Kier alpha value is -2.29. The van der Waals surface area contributed by atoms with Gasteiger partial charge in [0.2, 0.25) is 5.95 Å². The molecule has 3 rings (SSSR count). The molecule has 0 saturated carbocycles. The summed E-state index contributed by atoms with van der Waals surface area (Å²) in [5.41, 5.74) is 10.5. The molecule has 102 valence electrons. The Morgan fingerprint density at radius 3 is 2.35 bits per heavy atom. The van der Waals surface area contributed by atoms with Crippen molar-refractivity contribution in [3.05, 3.63) is 54.1 Å². The summed E-state index contributed by atoms with van der Waals surface area (Å²) in [5.74, 6) is 0.525. The Balaban J connectivity index is 2.29. The molecular formula is C17H19N3. The molecule has 20 heavy (non-hydrogen) atoms. The van der Waals surface area contributed by atoms with Crippen LogP contribution in [0.15, 0.2) is 48.5 Å². The fourth-order valence-corrected chi connectivity index (χ4v) is 2.41. The van der Waals surface area contributed by atoms with E-state index < -0.39 is 0 Å². The van der Waals surface area contributed by atoms with Gasteiger partial charge in [0.15, 0.2) is 0 Å². The van der Waals surface area contributed by atoms with Crippen molar-refractivity contribution in [2.45, 2.75) is 26.2 Å². The summed E-state index contributed by atoms with van der Waals surface area (Å²) in [4.78, 5) is 4.45. The van der Waals surface area contributed by atoms with Gasteiger partial charge in [0.05, 0.1) is 11.0 Å². The van der Waals surface area contributed by atoms with Gasteiger partial charge >= 0.3 is 0 Å². The molecule has 0 aliphatic heterocycles. The highest BCUT2D eigenvalue weighted by atomic mass is 15.2. The highest BCUT2D eigenvalue weighted by molar-refractivity contribution is 5.81. The maximum atomic E-state index is 6.10. The Morgan fingerprint density at radius 2 is 1.70 bits per heavy atom. The number of hydrogen-bond donors (Lipinski definition) is 1. The lowest BCUT2D eigenvalue weighted by atomic mass is 9.87. The van der Waals surface area contributed by atoms with Crippen LogP contribution in [0.5, 0.6) is 0 Å². The number of nitrogens with two attached hydrogens (primary N) is 1. The summed E-state index contributed by atoms with van der Waals surface area (Å²) >= 11 is 0. The molecule has 0 fully saturated rings. The van der Waals surface area contributed by atoms with Gasteiger partial charge in [0.25, 0.3) is 0 Å². The molecule has 1 aromatic heterocycles. The lowest BCUT2D eigenvalue weighted by Gasteiger charge is -2.19. The number of imidazole rings is 1. The number of aromatic nitrogens is 2. The van der Waals surface area contributed by atoms with Crippen molar-refractivity contribution in [2.24, 2.45) is 0 Å². The van der Waals surface area contributed by atoms with Crippen molar-refractivity contribution in [2.75, 3.05) is 5.73 Å². The topological polar surface area (TPSA) is 43.8 Å². The summed E-state index contributed by atoms with van der Waals surface area (Å²) in [7, 11) is 0. The molecule has 0 atom stereocenters. The maximum Gasteiger partial charge on any atom is 0.205 e. The van der Waals surface area contributed by atoms with E-state index in [9.17, 15) is 0 Å². The number of nitrogens with zero attached hydrogens (tertiary/aromatic N) is 2. The summed E-state index contributed by atoms with van der Waals surface area (Å²) in [5, 5.41) is 0. The second-order valence-corrected chi connectivity index (χ2v) is 6.09. The number of para-hydroxylation sites is 1. The Labute approximate surface area is 119 Å². The van der Waals surface area contributed by atoms with Crippen molar-refractivity contribution in [1.82, 2.24) is 9.55 Å². The molecule has 0 aliphatic carbocycles. The van der Waals surface area contributed by atoms with E-state index in [1.807, 2.05) is 41.0 Å². The van der Waals surface area contributed by atoms with Gasteiger partial charge in [-0.15, -0.1) is 0 Å². The van der Waals surface area contributed by atoms with Gasteiger partial charge in [-0.1, -0.05) is 45.0 Å². The molecule has 0 bridgehead atoms. The van der Waals surface area contributed by atoms with Crippen LogP contribution in [0, 0.1) is 0 Å². The van der Waals surface area contributed by atoms with Crippen LogP contribution in [-0.4, -0.2) is 9.55 Å². The number of benzene rings is 2. The van der Waals surface area contributed by atoms with Crippen LogP contribution >= 0.6 is 0 Å². The second-order valence-electron chi connectivity index (χ2n) is 6.09. The summed E-state index contributed by atoms with van der Waals surface area (Å²) in [6.45, 7) is 6.63. The monoisotopic (exact) mass is 265 g/mol. The van der Waals surface area contributed by atoms with Gasteiger partial charge in [-0.25, -0.2) is 4.98 Å². The highest BCUT2D eigenvalue weighted by Gasteiger charge is 2.17. The van der Waals surface area contributed by atoms with Gasteiger partial charge in [-0.05, 0) is 35.2 Å². The number of anilines is 1. The molecule has 3 nitrogen and oxygen atoms in total. The van der Waals surface area contributed by atoms with E-state index in [-0.39, 0.29) is 5.41 Å². The highest BCUT2D eigenvalue weighted by Crippen LogP contribution is 2.29. The van der Waals surface area contributed by atoms with Crippen molar-refractivity contribution in [3.63, 3.8) is 0 Å². The van der Waals surface area contributed by atoms with E-state index in [1.165, 1.54) is 5.56 Å². The first-order chi connectivity index (χ1) is 9.47. The summed E-state index contributed by atoms with van der Waals surface area (Å²) in [6.07, 6.45) is 0. The first-order valence-electron chi connectivity index (χ1n) is 6.81. The van der Waals surface area contributed by atoms with Crippen molar-refractivity contribution < 1.29 is 0 Å². The van der Waals surface area contributed by atoms with Gasteiger partial charge in [0.1, 0.15) is 0 Å². The van der Waals surface area contributed by atoms with E-state index in [0.29, 0.717) is 5.95 Å². The molecule has 3 aromatic rings. The molecule has 0 spiro atoms. The van der Waals surface area contributed by atoms with Crippen LogP contribution in [-0.2, 0) is 5.41 Å². The largest absolute Gasteiger partial charge is 0.369 e. The van der Waals surface area contributed by atoms with E-state index in [0.717, 1.165) is 16.7 Å². The molecular weight excluding hydrogens is 246 g/mol. The maximum absolute atomic E-state index is 6.10. The summed E-state index contributed by atoms with van der Waals surface area (Å²) in [6, 6.07) is 16.5. The number of nitrogen functional groups attached to an aromatic ring is 1. The molecule has 2 N–H and O–H groups in total. The van der Waals surface area contributed by atoms with E-state index in [2.05, 4.69) is 37.9 Å². The molecule has 2 aromatic carbocycles. The average Bonchev–Trinajstić information content (AvgIpc) is 2.73. The van der Waals surface area contributed by atoms with Crippen LogP contribution in [0.25, 0.3) is 16.7 Å². The number of hydrogen-bond acceptors (Lipinski definition) is 2. The Kier molecular flexibility index (Phi) is 2.78. The number of rotatable bonds is 1. The van der Waals surface area contributed by atoms with Gasteiger partial charge in [0, 0.05) is 5.69 Å². The second kappa shape index (κ2) is 4.37. The van der Waals surface area contributed by atoms with Crippen LogP contribution in [0.1, 0.15) is 26.3 Å². The predicted molar refractivity (Wildman–Crippen MR) is 84.2 cm³/mol. The third-order valence-electron chi connectivity index (χ3n) is 3.56. The minimum absolute atomic E-state index is 0.106. The van der Waals surface area contributed by atoms with E-state index in [1.54, 1.807) is 0 Å². The number of fused-ring (bicyclic) bond motifs is 1. The minimum atomic E-state index is 0.106. The summed E-state index contributed by atoms with van der Waals surface area (Å²) < 4.78 is 2.00. The van der Waals surface area contributed by atoms with Crippen molar-refractivity contribution >= 4 is 17.0 Å². The lowest BCUT2D eigenvalue weighted by molar-refractivity contribution is 0.591. The lowest BCUT2D eigenvalue weighted by Crippen LogP contribution is -2.11. The zero-order valence-electron chi connectivity index (χ0n) is 12.1. The Morgan fingerprint density at radius 1 is 1.00 bits per heavy atom. The normalized spacial score (nSPS) is 11.9. The zero-order chi connectivity index (χ0) is 14.3. The Bertz CT molecular complexity index is 749. The fraction of sp³-hybridized carbons (Fsp3) is 0.235. The van der Waals surface area contributed by atoms with E-state index >= 15 is 0 Å². The molecule has 3 heteroatoms. The van der Waals surface area contributed by atoms with Crippen LogP contribution < -0.4 is 5.73 Å². The first kappa shape index (κ1) is 12.7. The third kappa shape index (κ3) is 2.05. The average molecular weight is 265 g/mol. The van der Waals surface area contributed by atoms with Crippen molar-refractivity contribution in [3.8, 4) is 5.69 Å². The minimum Gasteiger partial charge on any atom is -0.369 e. The van der Waals surface area contributed by atoms with Gasteiger partial charge < -0.3 is 5.73 Å². The first-order valence-corrected chi connectivity index (χ1v) is 6.81. The third-order valence-corrected chi connectivity index (χ3v) is 3.56. The fourth-order valence-electron chi connectivity index (χ4n) is 2.41. The smallest absolute Gasteiger partial charge is 0.205 e. The molecule has 1 heterocycles. The standard InChI is InChI=1S/C17H19N3/c1-17(2,3)12-9-10-14-15(11-12)20(16(18)19-14)13-7-5-4-6-8-13/h4-11H,1-3H3,(H2,18,19). The van der Waals surface area contributed by atoms with Crippen LogP contribution in [0.4, 0.5) is 5.95 Å². The zero-order valence-corrected chi connectivity index (χ0v) is 12.1. The SMILES string of the molecule is CC(C)(C)c1ccc2nc(N)n(-c3ccccc3)c2c1. The van der Waals surface area contributed by atoms with Crippen LogP contribution in [0.3, 0.4) is 0 Å². The quantitative estimate of drug-likeness (QED) is 0.725. The van der Waals surface area contributed by atoms with Crippen LogP contribution in [0.2, 0.25) is 0 Å². The van der Waals surface area contributed by atoms with Gasteiger partial charge in [-0.2, -0.15) is 0 Å². The van der Waals surface area contributed by atoms with E-state index in [4.69, 9.17) is 5.73 Å². The molecule has 0 aliphatic rings. The molecule has 0 saturated heterocycles. The predicted octanol–water partition coefficient (Wildman–Crippen LogP) is 3.91. The molecule has 0 amide bonds. The van der Waals surface area contributed by atoms with Crippen molar-refractivity contribution in [1.29, 1.82) is 0 Å². The van der Waals surface area contributed by atoms with Gasteiger partial charge in [-0.3, -0.25) is 4.57 Å². The molecule has 0 radical (unpaired) electrons.